The molecule has 13 heteroatoms. The second kappa shape index (κ2) is 14.6. The molecule has 1 spiro atoms. The molecule has 7 aliphatic rings. The number of carbonyl (C=O) groups is 2. The highest BCUT2D eigenvalue weighted by molar-refractivity contribution is 8.76. The number of hydrogen-bond donors (Lipinski definition) is 7. The summed E-state index contributed by atoms with van der Waals surface area (Å²) in [7, 11) is 3.10. The monoisotopic (exact) mass is 709 g/mol. The zero-order valence-corrected chi connectivity index (χ0v) is 29.2. The molecule has 12 unspecified atom stereocenters. The zero-order chi connectivity index (χ0) is 33.6. The lowest BCUT2D eigenvalue weighted by Crippen LogP contribution is -2.95. The highest BCUT2D eigenvalue weighted by atomic mass is 33.1. The van der Waals surface area contributed by atoms with Gasteiger partial charge in [-0.2, -0.15) is 0 Å². The van der Waals surface area contributed by atoms with Crippen molar-refractivity contribution in [2.45, 2.75) is 120 Å². The molecule has 0 amide bonds. The smallest absolute Gasteiger partial charge is 0.187 e. The summed E-state index contributed by atoms with van der Waals surface area (Å²) in [6.07, 6.45) is 6.72. The summed E-state index contributed by atoms with van der Waals surface area (Å²) in [6.45, 7) is 0.306. The topological polar surface area (TPSA) is 182 Å². The van der Waals surface area contributed by atoms with Crippen LogP contribution in [0.15, 0.2) is 23.5 Å². The number of ether oxygens (including phenoxy) is 2. The van der Waals surface area contributed by atoms with E-state index in [1.165, 1.54) is 17.2 Å². The molecule has 3 aliphatic heterocycles. The third kappa shape index (κ3) is 6.26. The maximum atomic E-state index is 15.0. The van der Waals surface area contributed by atoms with Crippen molar-refractivity contribution < 1.29 is 49.9 Å². The van der Waals surface area contributed by atoms with Gasteiger partial charge in [-0.05, 0) is 68.4 Å². The number of fused-ring (bicyclic) bond motifs is 4. The largest absolute Gasteiger partial charge is 0.511 e. The Morgan fingerprint density at radius 1 is 0.979 bits per heavy atom. The molecule has 12 atom stereocenters. The first-order valence-corrected chi connectivity index (χ1v) is 20.7. The van der Waals surface area contributed by atoms with Crippen molar-refractivity contribution in [2.75, 3.05) is 24.8 Å². The lowest BCUT2D eigenvalue weighted by molar-refractivity contribution is -0.704. The number of hydrogen-bond acceptors (Lipinski definition) is 12. The number of carbonyl (C=O) groups excluding carboxylic acids is 2. The number of nitrogens with two attached hydrogens (primary N) is 1. The fourth-order valence-electron chi connectivity index (χ4n) is 9.93. The molecule has 0 aromatic rings. The van der Waals surface area contributed by atoms with Crippen LogP contribution < -0.4 is 10.6 Å². The fourth-order valence-corrected chi connectivity index (χ4v) is 12.3. The Kier molecular flexibility index (Phi) is 10.7. The van der Waals surface area contributed by atoms with Crippen LogP contribution in [-0.4, -0.2) is 104 Å². The van der Waals surface area contributed by atoms with Gasteiger partial charge in [0.05, 0.1) is 37.0 Å². The van der Waals surface area contributed by atoms with E-state index in [4.69, 9.17) is 9.47 Å². The molecule has 3 heterocycles. The quantitative estimate of drug-likeness (QED) is 0.207. The van der Waals surface area contributed by atoms with E-state index < -0.39 is 66.1 Å². The van der Waals surface area contributed by atoms with E-state index >= 15 is 4.79 Å². The van der Waals surface area contributed by atoms with Crippen molar-refractivity contribution >= 4 is 33.2 Å². The molecule has 0 aromatic carbocycles. The van der Waals surface area contributed by atoms with E-state index in [9.17, 15) is 30.3 Å². The maximum absolute atomic E-state index is 15.0. The standard InChI is InChI=1S/C35H52N2O9S2/c38-16-25-30(41)35(44)11-9-19-10-12-36-27(13-19)37-18-48-47-17-34-23(14-21(15-26(34)39)20-5-2-1-3-6-20)29(40)22-7-4-8-24(28(22)31(34)42)45-33(46-25)32(35)43/h14-15,19-20,22-25,27-28,30,32-33,36-39,41,43-44H,1-13,16-18H2/p+1. The van der Waals surface area contributed by atoms with Gasteiger partial charge in [0.2, 0.25) is 0 Å². The molecule has 3 saturated heterocycles. The average Bonchev–Trinajstić information content (AvgIpc) is 3.10. The summed E-state index contributed by atoms with van der Waals surface area (Å²) in [4.78, 5) is 29.6. The number of ketones is 2. The van der Waals surface area contributed by atoms with E-state index in [-0.39, 0.29) is 47.5 Å². The van der Waals surface area contributed by atoms with Crippen LogP contribution in [0.2, 0.25) is 0 Å². The number of nitrogens with one attached hydrogen (secondary N) is 1. The molecule has 268 valence electrons. The summed E-state index contributed by atoms with van der Waals surface area (Å²) in [5, 5.41) is 62.6. The number of aliphatic hydroxyl groups excluding tert-OH is 4. The Labute approximate surface area is 290 Å². The normalized spacial score (nSPS) is 46.4. The van der Waals surface area contributed by atoms with Crippen molar-refractivity contribution in [2.24, 2.45) is 35.0 Å². The van der Waals surface area contributed by atoms with Gasteiger partial charge in [0, 0.05) is 18.1 Å². The number of rotatable bonds is 2. The molecule has 48 heavy (non-hydrogen) atoms. The molecule has 0 radical (unpaired) electrons. The van der Waals surface area contributed by atoms with Gasteiger partial charge < -0.3 is 40.3 Å². The summed E-state index contributed by atoms with van der Waals surface area (Å²) in [5.74, 6) is -1.18. The van der Waals surface area contributed by atoms with Crippen LogP contribution in [0.25, 0.3) is 0 Å². The van der Waals surface area contributed by atoms with E-state index in [0.717, 1.165) is 50.6 Å². The molecule has 11 nitrogen and oxygen atoms in total. The molecular formula is C35H53N2O9S2+. The van der Waals surface area contributed by atoms with Crippen LogP contribution in [0.5, 0.6) is 0 Å². The van der Waals surface area contributed by atoms with Crippen LogP contribution in [0, 0.1) is 35.0 Å². The molecule has 6 bridgehead atoms. The van der Waals surface area contributed by atoms with Gasteiger partial charge in [-0.3, -0.25) is 14.9 Å². The number of quaternary nitrogens is 1. The SMILES string of the molecule is O=C1C2CCCC3OC4OC(CO)C(O)C(O)(CCC5CC[NH2+]C(C5)NCSSCC5(C(=O)C32)C(O)=CC(C2CCCCC2)=CC15)C4O. The molecule has 7 rings (SSSR count). The summed E-state index contributed by atoms with van der Waals surface area (Å²) >= 11 is 0. The van der Waals surface area contributed by atoms with Crippen LogP contribution in [0.3, 0.4) is 0 Å². The molecule has 6 fully saturated rings. The highest BCUT2D eigenvalue weighted by Gasteiger charge is 2.64. The van der Waals surface area contributed by atoms with Crippen molar-refractivity contribution in [1.82, 2.24) is 5.32 Å². The minimum Gasteiger partial charge on any atom is -0.511 e. The molecule has 4 aliphatic carbocycles. The highest BCUT2D eigenvalue weighted by Crippen LogP contribution is 2.56. The van der Waals surface area contributed by atoms with Gasteiger partial charge >= 0.3 is 0 Å². The van der Waals surface area contributed by atoms with Gasteiger partial charge in [-0.25, -0.2) is 0 Å². The minimum absolute atomic E-state index is 0.0394. The van der Waals surface area contributed by atoms with Crippen molar-refractivity contribution in [3.63, 3.8) is 0 Å². The van der Waals surface area contributed by atoms with Crippen molar-refractivity contribution in [3.05, 3.63) is 23.5 Å². The lowest BCUT2D eigenvalue weighted by Gasteiger charge is -2.53. The third-order valence-corrected chi connectivity index (χ3v) is 15.0. The van der Waals surface area contributed by atoms with Crippen LogP contribution in [-0.2, 0) is 19.1 Å². The van der Waals surface area contributed by atoms with Gasteiger partial charge in [0.25, 0.3) is 0 Å². The molecule has 3 saturated carbocycles. The Bertz CT molecular complexity index is 1280. The Balaban J connectivity index is 1.25. The van der Waals surface area contributed by atoms with Crippen molar-refractivity contribution in [1.29, 1.82) is 0 Å². The van der Waals surface area contributed by atoms with Gasteiger partial charge in [-0.15, -0.1) is 0 Å². The molecule has 8 N–H and O–H groups in total. The van der Waals surface area contributed by atoms with Crippen LogP contribution >= 0.6 is 21.6 Å². The van der Waals surface area contributed by atoms with Gasteiger partial charge in [0.1, 0.15) is 47.0 Å². The van der Waals surface area contributed by atoms with Gasteiger partial charge in [-0.1, -0.05) is 53.3 Å². The summed E-state index contributed by atoms with van der Waals surface area (Å²) in [6, 6.07) is 0. The number of aliphatic hydroxyl groups is 5. The number of allylic oxidation sites excluding steroid dienone is 4. The average molecular weight is 710 g/mol. The zero-order valence-electron chi connectivity index (χ0n) is 27.6. The second-order valence-electron chi connectivity index (χ2n) is 15.4. The summed E-state index contributed by atoms with van der Waals surface area (Å²) in [5.41, 5.74) is -2.47. The minimum atomic E-state index is -2.00. The number of Topliss-reactive ketones (excluding diaryl/α,β-unsaturated/α-hetero) is 2. The first-order chi connectivity index (χ1) is 23.2. The maximum Gasteiger partial charge on any atom is 0.187 e. The lowest BCUT2D eigenvalue weighted by atomic mass is 9.52. The third-order valence-electron chi connectivity index (χ3n) is 12.8. The first-order valence-electron chi connectivity index (χ1n) is 18.2. The van der Waals surface area contributed by atoms with Crippen molar-refractivity contribution in [3.8, 4) is 0 Å². The Morgan fingerprint density at radius 3 is 2.58 bits per heavy atom. The van der Waals surface area contributed by atoms with E-state index in [1.807, 2.05) is 6.08 Å². The Hall–Kier alpha value is -1.00. The van der Waals surface area contributed by atoms with E-state index in [2.05, 4.69) is 10.6 Å². The fraction of sp³-hybridized carbons (Fsp3) is 0.829. The first kappa shape index (κ1) is 35.4. The predicted octanol–water partition coefficient (Wildman–Crippen LogP) is 1.70. The van der Waals surface area contributed by atoms with Crippen LogP contribution in [0.1, 0.15) is 77.0 Å². The van der Waals surface area contributed by atoms with Crippen LogP contribution in [0.4, 0.5) is 0 Å². The molecular weight excluding hydrogens is 657 g/mol. The molecule has 0 aromatic heterocycles. The second-order valence-corrected chi connectivity index (χ2v) is 17.8. The van der Waals surface area contributed by atoms with E-state index in [1.54, 1.807) is 16.9 Å². The number of piperidine rings is 1. The predicted molar refractivity (Wildman–Crippen MR) is 180 cm³/mol. The van der Waals surface area contributed by atoms with E-state index in [0.29, 0.717) is 31.6 Å². The summed E-state index contributed by atoms with van der Waals surface area (Å²) < 4.78 is 12.3. The Morgan fingerprint density at radius 2 is 1.79 bits per heavy atom. The van der Waals surface area contributed by atoms with Gasteiger partial charge in [0.15, 0.2) is 12.1 Å².